The third-order valence-electron chi connectivity index (χ3n) is 2.26. The molecule has 16 heavy (non-hydrogen) atoms. The van der Waals surface area contributed by atoms with Crippen LogP contribution in [-0.2, 0) is 4.74 Å². The molecule has 0 atom stereocenters. The fraction of sp³-hybridized carbons (Fsp3) is 0.364. The molecular formula is C11H10BrFO3. The summed E-state index contributed by atoms with van der Waals surface area (Å²) in [5.74, 6) is -1.18. The van der Waals surface area contributed by atoms with Gasteiger partial charge in [0.25, 0.3) is 0 Å². The summed E-state index contributed by atoms with van der Waals surface area (Å²) in [5, 5.41) is 0. The lowest BCUT2D eigenvalue weighted by atomic mass is 10.2. The van der Waals surface area contributed by atoms with E-state index in [1.54, 1.807) is 0 Å². The number of benzene rings is 1. The van der Waals surface area contributed by atoms with Crippen LogP contribution in [0.5, 0.6) is 5.75 Å². The first kappa shape index (κ1) is 11.4. The molecule has 1 aromatic carbocycles. The number of ether oxygens (including phenoxy) is 2. The predicted octanol–water partition coefficient (Wildman–Crippen LogP) is 2.92. The topological polar surface area (TPSA) is 35.5 Å². The predicted molar refractivity (Wildman–Crippen MR) is 59.1 cm³/mol. The number of rotatable bonds is 3. The van der Waals surface area contributed by atoms with Gasteiger partial charge in [-0.15, -0.1) is 0 Å². The highest BCUT2D eigenvalue weighted by Crippen LogP contribution is 2.35. The summed E-state index contributed by atoms with van der Waals surface area (Å²) in [5.41, 5.74) is 0.106. The van der Waals surface area contributed by atoms with E-state index in [2.05, 4.69) is 20.7 Å². The second kappa shape index (κ2) is 4.41. The first-order valence-electron chi connectivity index (χ1n) is 4.86. The summed E-state index contributed by atoms with van der Waals surface area (Å²) in [6.07, 6.45) is 1.81. The van der Waals surface area contributed by atoms with Crippen molar-refractivity contribution in [3.8, 4) is 5.75 Å². The molecule has 0 aliphatic heterocycles. The Bertz CT molecular complexity index is 429. The highest BCUT2D eigenvalue weighted by molar-refractivity contribution is 9.10. The minimum Gasteiger partial charge on any atom is -0.486 e. The van der Waals surface area contributed by atoms with Gasteiger partial charge in [-0.25, -0.2) is 9.18 Å². The lowest BCUT2D eigenvalue weighted by Crippen LogP contribution is -2.09. The van der Waals surface area contributed by atoms with Gasteiger partial charge in [0.15, 0.2) is 11.6 Å². The number of carbonyl (C=O) groups excluding carboxylic acids is 1. The van der Waals surface area contributed by atoms with Gasteiger partial charge in [-0.1, -0.05) is 0 Å². The number of hydrogen-bond acceptors (Lipinski definition) is 3. The Morgan fingerprint density at radius 1 is 1.50 bits per heavy atom. The van der Waals surface area contributed by atoms with Crippen LogP contribution in [0.2, 0.25) is 0 Å². The van der Waals surface area contributed by atoms with Crippen molar-refractivity contribution >= 4 is 21.9 Å². The van der Waals surface area contributed by atoms with E-state index in [4.69, 9.17) is 4.74 Å². The van der Waals surface area contributed by atoms with E-state index in [1.807, 2.05) is 0 Å². The van der Waals surface area contributed by atoms with Crippen LogP contribution in [0.3, 0.4) is 0 Å². The van der Waals surface area contributed by atoms with Crippen LogP contribution in [0, 0.1) is 5.82 Å². The van der Waals surface area contributed by atoms with Crippen molar-refractivity contribution in [2.24, 2.45) is 0 Å². The zero-order valence-electron chi connectivity index (χ0n) is 8.63. The first-order valence-corrected chi connectivity index (χ1v) is 5.65. The van der Waals surface area contributed by atoms with Crippen molar-refractivity contribution in [3.63, 3.8) is 0 Å². The molecule has 0 saturated heterocycles. The number of esters is 1. The largest absolute Gasteiger partial charge is 0.486 e. The van der Waals surface area contributed by atoms with Crippen molar-refractivity contribution in [1.29, 1.82) is 0 Å². The van der Waals surface area contributed by atoms with Gasteiger partial charge in [-0.05, 0) is 40.9 Å². The molecule has 2 rings (SSSR count). The summed E-state index contributed by atoms with van der Waals surface area (Å²) in [4.78, 5) is 11.5. The van der Waals surface area contributed by atoms with Crippen molar-refractivity contribution in [3.05, 3.63) is 28.0 Å². The zero-order valence-corrected chi connectivity index (χ0v) is 10.2. The van der Waals surface area contributed by atoms with E-state index < -0.39 is 11.8 Å². The minimum absolute atomic E-state index is 0.0206. The molecule has 0 bridgehead atoms. The molecule has 86 valence electrons. The van der Waals surface area contributed by atoms with Crippen molar-refractivity contribution in [2.45, 2.75) is 18.9 Å². The molecule has 0 unspecified atom stereocenters. The number of carbonyl (C=O) groups is 1. The smallest absolute Gasteiger partial charge is 0.342 e. The summed E-state index contributed by atoms with van der Waals surface area (Å²) in [7, 11) is 1.25. The molecular weight excluding hydrogens is 279 g/mol. The second-order valence-electron chi connectivity index (χ2n) is 3.54. The molecule has 1 aliphatic carbocycles. The van der Waals surface area contributed by atoms with Crippen LogP contribution in [-0.4, -0.2) is 19.2 Å². The standard InChI is InChI=1S/C11H10BrFO3/c1-15-11(14)9-7(12)4-5-8(13)10(9)16-6-2-3-6/h4-6H,2-3H2,1H3. The van der Waals surface area contributed by atoms with E-state index in [-0.39, 0.29) is 17.4 Å². The Hall–Kier alpha value is -1.10. The molecule has 0 aromatic heterocycles. The Morgan fingerprint density at radius 3 is 2.75 bits per heavy atom. The van der Waals surface area contributed by atoms with Crippen molar-refractivity contribution < 1.29 is 18.7 Å². The molecule has 1 saturated carbocycles. The molecule has 0 N–H and O–H groups in total. The van der Waals surface area contributed by atoms with E-state index in [1.165, 1.54) is 19.2 Å². The summed E-state index contributed by atoms with van der Waals surface area (Å²) >= 11 is 3.19. The Morgan fingerprint density at radius 2 is 2.19 bits per heavy atom. The maximum atomic E-state index is 13.6. The molecule has 1 aromatic rings. The quantitative estimate of drug-likeness (QED) is 0.803. The summed E-state index contributed by atoms with van der Waals surface area (Å²) in [6.45, 7) is 0. The van der Waals surface area contributed by atoms with Gasteiger partial charge in [-0.2, -0.15) is 0 Å². The first-order chi connectivity index (χ1) is 7.63. The van der Waals surface area contributed by atoms with Gasteiger partial charge in [0.1, 0.15) is 5.56 Å². The maximum absolute atomic E-state index is 13.6. The zero-order chi connectivity index (χ0) is 11.7. The third-order valence-corrected chi connectivity index (χ3v) is 2.92. The van der Waals surface area contributed by atoms with Crippen LogP contribution in [0.1, 0.15) is 23.2 Å². The van der Waals surface area contributed by atoms with Crippen LogP contribution in [0.15, 0.2) is 16.6 Å². The molecule has 0 amide bonds. The molecule has 3 nitrogen and oxygen atoms in total. The number of methoxy groups -OCH3 is 1. The Balaban J connectivity index is 2.44. The van der Waals surface area contributed by atoms with Gasteiger partial charge in [-0.3, -0.25) is 0 Å². The molecule has 0 spiro atoms. The highest BCUT2D eigenvalue weighted by Gasteiger charge is 2.29. The maximum Gasteiger partial charge on any atom is 0.342 e. The lowest BCUT2D eigenvalue weighted by molar-refractivity contribution is 0.0593. The SMILES string of the molecule is COC(=O)c1c(Br)ccc(F)c1OC1CC1. The van der Waals surface area contributed by atoms with E-state index in [0.29, 0.717) is 4.47 Å². The average Bonchev–Trinajstić information content (AvgIpc) is 3.07. The van der Waals surface area contributed by atoms with Gasteiger partial charge < -0.3 is 9.47 Å². The minimum atomic E-state index is -0.609. The summed E-state index contributed by atoms with van der Waals surface area (Å²) < 4.78 is 24.0. The Labute approximate surface area is 101 Å². The monoisotopic (exact) mass is 288 g/mol. The molecule has 1 fully saturated rings. The average molecular weight is 289 g/mol. The third kappa shape index (κ3) is 2.19. The van der Waals surface area contributed by atoms with Crippen LogP contribution >= 0.6 is 15.9 Å². The number of hydrogen-bond donors (Lipinski definition) is 0. The van der Waals surface area contributed by atoms with E-state index >= 15 is 0 Å². The summed E-state index contributed by atoms with van der Waals surface area (Å²) in [6, 6.07) is 2.72. The normalized spacial score (nSPS) is 14.7. The van der Waals surface area contributed by atoms with Gasteiger partial charge in [0.2, 0.25) is 0 Å². The number of halogens is 2. The van der Waals surface area contributed by atoms with Gasteiger partial charge >= 0.3 is 5.97 Å². The Kier molecular flexibility index (Phi) is 3.14. The van der Waals surface area contributed by atoms with E-state index in [0.717, 1.165) is 12.8 Å². The van der Waals surface area contributed by atoms with Crippen LogP contribution in [0.25, 0.3) is 0 Å². The fourth-order valence-electron chi connectivity index (χ4n) is 1.29. The van der Waals surface area contributed by atoms with Crippen LogP contribution in [0.4, 0.5) is 4.39 Å². The highest BCUT2D eigenvalue weighted by atomic mass is 79.9. The van der Waals surface area contributed by atoms with Crippen molar-refractivity contribution in [2.75, 3.05) is 7.11 Å². The second-order valence-corrected chi connectivity index (χ2v) is 4.40. The molecule has 0 heterocycles. The molecule has 1 aliphatic rings. The molecule has 0 radical (unpaired) electrons. The van der Waals surface area contributed by atoms with Crippen LogP contribution < -0.4 is 4.74 Å². The lowest BCUT2D eigenvalue weighted by Gasteiger charge is -2.11. The van der Waals surface area contributed by atoms with E-state index in [9.17, 15) is 9.18 Å². The molecule has 5 heteroatoms. The van der Waals surface area contributed by atoms with Gasteiger partial charge in [0, 0.05) is 4.47 Å². The van der Waals surface area contributed by atoms with Gasteiger partial charge in [0.05, 0.1) is 13.2 Å². The van der Waals surface area contributed by atoms with Crippen molar-refractivity contribution in [1.82, 2.24) is 0 Å². The fourth-order valence-corrected chi connectivity index (χ4v) is 1.77.